The lowest BCUT2D eigenvalue weighted by Crippen LogP contribution is -2.26. The van der Waals surface area contributed by atoms with Crippen molar-refractivity contribution in [1.29, 1.82) is 0 Å². The van der Waals surface area contributed by atoms with Crippen LogP contribution in [0, 0.1) is 0 Å². The Kier molecular flexibility index (Phi) is 15.3. The molecule has 0 amide bonds. The highest BCUT2D eigenvalue weighted by atomic mass is 15.1. The van der Waals surface area contributed by atoms with Crippen LogP contribution in [-0.2, 0) is 16.2 Å². The number of unbranched alkanes of at least 4 members (excludes halogenated alkanes) is 10. The van der Waals surface area contributed by atoms with Gasteiger partial charge in [-0.2, -0.15) is 0 Å². The van der Waals surface area contributed by atoms with Crippen LogP contribution in [0.15, 0.2) is 109 Å². The fourth-order valence-electron chi connectivity index (χ4n) is 9.77. The van der Waals surface area contributed by atoms with Crippen molar-refractivity contribution in [2.24, 2.45) is 0 Å². The molecule has 0 aromatic heterocycles. The van der Waals surface area contributed by atoms with Crippen molar-refractivity contribution in [3.63, 3.8) is 0 Å². The van der Waals surface area contributed by atoms with E-state index in [1.807, 2.05) is 0 Å². The van der Waals surface area contributed by atoms with Crippen molar-refractivity contribution in [2.45, 2.75) is 188 Å². The molecule has 1 unspecified atom stereocenters. The summed E-state index contributed by atoms with van der Waals surface area (Å²) in [5, 5.41) is 0. The minimum absolute atomic E-state index is 0.0504. The number of hydrogen-bond acceptors (Lipinski definition) is 1. The maximum absolute atomic E-state index is 2.63. The Morgan fingerprint density at radius 2 is 0.867 bits per heavy atom. The predicted octanol–water partition coefficient (Wildman–Crippen LogP) is 18.7. The van der Waals surface area contributed by atoms with Crippen LogP contribution in [0.3, 0.4) is 0 Å². The molecule has 1 nitrogen and oxygen atoms in total. The maximum atomic E-state index is 2.63. The van der Waals surface area contributed by atoms with Crippen molar-refractivity contribution in [2.75, 3.05) is 4.90 Å². The van der Waals surface area contributed by atoms with Gasteiger partial charge in [0.05, 0.1) is 0 Å². The third kappa shape index (κ3) is 10.5. The van der Waals surface area contributed by atoms with Crippen molar-refractivity contribution in [3.8, 4) is 22.3 Å². The molecular weight excluding hydrogens is 723 g/mol. The summed E-state index contributed by atoms with van der Waals surface area (Å²) in [6.45, 7) is 23.3. The lowest BCUT2D eigenvalue weighted by atomic mass is 9.69. The zero-order chi connectivity index (χ0) is 42.9. The van der Waals surface area contributed by atoms with Gasteiger partial charge in [-0.1, -0.05) is 213 Å². The van der Waals surface area contributed by atoms with E-state index in [1.165, 1.54) is 146 Å². The number of anilines is 3. The number of benzene rings is 5. The van der Waals surface area contributed by atoms with Crippen LogP contribution in [0.1, 0.15) is 199 Å². The first kappa shape index (κ1) is 45.4. The number of rotatable bonds is 20. The molecule has 0 spiro atoms. The first-order chi connectivity index (χ1) is 28.8. The summed E-state index contributed by atoms with van der Waals surface area (Å²) in [7, 11) is 0. The third-order valence-electron chi connectivity index (χ3n) is 13.9. The van der Waals surface area contributed by atoms with Gasteiger partial charge in [0.15, 0.2) is 0 Å². The van der Waals surface area contributed by atoms with Crippen molar-refractivity contribution < 1.29 is 0 Å². The van der Waals surface area contributed by atoms with Gasteiger partial charge in [0.25, 0.3) is 0 Å². The molecule has 1 aliphatic carbocycles. The second-order valence-electron chi connectivity index (χ2n) is 20.5. The molecule has 1 heteroatoms. The standard InChI is InChI=1S/C59H79N/c1-11-14-16-18-20-22-40-59(41-23-21-19-17-15-12-2)55-42-47(28-38-53(55)54-39-31-49(43-56(54)59)58(8,9)10)46-26-34-51(35-27-46)60(50-32-24-45(25-33-50)44(4)13-3)52-36-29-48(30-37-52)57(5,6)7/h24-39,42-44H,11-23,40-41H2,1-10H3. The molecule has 1 aliphatic rings. The third-order valence-corrected chi connectivity index (χ3v) is 13.9. The smallest absolute Gasteiger partial charge is 0.0462 e. The lowest BCUT2D eigenvalue weighted by molar-refractivity contribution is 0.397. The first-order valence-electron chi connectivity index (χ1n) is 24.2. The summed E-state index contributed by atoms with van der Waals surface area (Å²) in [6.07, 6.45) is 19.6. The van der Waals surface area contributed by atoms with E-state index in [9.17, 15) is 0 Å². The molecule has 60 heavy (non-hydrogen) atoms. The van der Waals surface area contributed by atoms with Crippen molar-refractivity contribution >= 4 is 17.1 Å². The second kappa shape index (κ2) is 20.2. The van der Waals surface area contributed by atoms with E-state index < -0.39 is 0 Å². The van der Waals surface area contributed by atoms with E-state index in [0.717, 1.165) is 6.42 Å². The monoisotopic (exact) mass is 802 g/mol. The normalized spacial score (nSPS) is 13.9. The van der Waals surface area contributed by atoms with Crippen LogP contribution < -0.4 is 4.90 Å². The van der Waals surface area contributed by atoms with E-state index in [-0.39, 0.29) is 16.2 Å². The summed E-state index contributed by atoms with van der Waals surface area (Å²) in [5.74, 6) is 0.550. The quantitative estimate of drug-likeness (QED) is 0.0709. The molecule has 0 saturated heterocycles. The average molecular weight is 802 g/mol. The van der Waals surface area contributed by atoms with E-state index >= 15 is 0 Å². The summed E-state index contributed by atoms with van der Waals surface area (Å²) >= 11 is 0. The zero-order valence-electron chi connectivity index (χ0n) is 39.5. The highest BCUT2D eigenvalue weighted by Crippen LogP contribution is 2.56. The van der Waals surface area contributed by atoms with Crippen LogP contribution in [0.2, 0.25) is 0 Å². The van der Waals surface area contributed by atoms with Gasteiger partial charge in [-0.25, -0.2) is 0 Å². The van der Waals surface area contributed by atoms with Crippen molar-refractivity contribution in [1.82, 2.24) is 0 Å². The average Bonchev–Trinajstić information content (AvgIpc) is 3.51. The topological polar surface area (TPSA) is 3.24 Å². The van der Waals surface area contributed by atoms with Gasteiger partial charge in [0.2, 0.25) is 0 Å². The van der Waals surface area contributed by atoms with E-state index in [0.29, 0.717) is 5.92 Å². The summed E-state index contributed by atoms with van der Waals surface area (Å²) in [5.41, 5.74) is 16.8. The SMILES string of the molecule is CCCCCCCCC1(CCCCCCCC)c2cc(-c3ccc(N(c4ccc(C(C)CC)cc4)c4ccc(C(C)(C)C)cc4)cc3)ccc2-c2ccc(C(C)(C)C)cc21. The second-order valence-corrected chi connectivity index (χ2v) is 20.5. The van der Waals surface area contributed by atoms with E-state index in [2.05, 4.69) is 183 Å². The highest BCUT2D eigenvalue weighted by molar-refractivity contribution is 5.85. The lowest BCUT2D eigenvalue weighted by Gasteiger charge is -2.34. The Morgan fingerprint density at radius 1 is 0.450 bits per heavy atom. The van der Waals surface area contributed by atoms with Crippen LogP contribution in [-0.4, -0.2) is 0 Å². The van der Waals surface area contributed by atoms with E-state index in [1.54, 1.807) is 11.1 Å². The minimum Gasteiger partial charge on any atom is -0.311 e. The Labute approximate surface area is 367 Å². The molecule has 5 aromatic carbocycles. The molecule has 0 saturated carbocycles. The molecule has 0 fully saturated rings. The van der Waals surface area contributed by atoms with E-state index in [4.69, 9.17) is 0 Å². The fourth-order valence-corrected chi connectivity index (χ4v) is 9.77. The molecule has 5 aromatic rings. The molecule has 0 aliphatic heterocycles. The molecule has 0 radical (unpaired) electrons. The molecule has 0 N–H and O–H groups in total. The first-order valence-corrected chi connectivity index (χ1v) is 24.2. The predicted molar refractivity (Wildman–Crippen MR) is 265 cm³/mol. The van der Waals surface area contributed by atoms with Gasteiger partial charge in [-0.05, 0) is 129 Å². The molecule has 0 heterocycles. The van der Waals surface area contributed by atoms with Gasteiger partial charge < -0.3 is 4.90 Å². The van der Waals surface area contributed by atoms with Gasteiger partial charge in [-0.15, -0.1) is 0 Å². The Morgan fingerprint density at radius 3 is 1.37 bits per heavy atom. The molecule has 6 rings (SSSR count). The van der Waals surface area contributed by atoms with Crippen LogP contribution in [0.5, 0.6) is 0 Å². The van der Waals surface area contributed by atoms with Crippen LogP contribution in [0.4, 0.5) is 17.1 Å². The van der Waals surface area contributed by atoms with Gasteiger partial charge in [0.1, 0.15) is 0 Å². The van der Waals surface area contributed by atoms with Gasteiger partial charge in [-0.3, -0.25) is 0 Å². The molecule has 1 atom stereocenters. The fraction of sp³-hybridized carbons (Fsp3) is 0.492. The van der Waals surface area contributed by atoms with Crippen LogP contribution >= 0.6 is 0 Å². The number of nitrogens with zero attached hydrogens (tertiary/aromatic N) is 1. The molecular formula is C59H79N. The largest absolute Gasteiger partial charge is 0.311 e. The molecule has 320 valence electrons. The maximum Gasteiger partial charge on any atom is 0.0462 e. The van der Waals surface area contributed by atoms with Crippen LogP contribution in [0.25, 0.3) is 22.3 Å². The van der Waals surface area contributed by atoms with Gasteiger partial charge in [0, 0.05) is 22.5 Å². The number of hydrogen-bond donors (Lipinski definition) is 0. The Bertz CT molecular complexity index is 2070. The summed E-state index contributed by atoms with van der Waals surface area (Å²) in [4.78, 5) is 2.43. The summed E-state index contributed by atoms with van der Waals surface area (Å²) in [6, 6.07) is 42.9. The Balaban J connectivity index is 1.39. The minimum atomic E-state index is 0.0504. The Hall–Kier alpha value is -4.10. The highest BCUT2D eigenvalue weighted by Gasteiger charge is 2.43. The van der Waals surface area contributed by atoms with Crippen molar-refractivity contribution in [3.05, 3.63) is 137 Å². The van der Waals surface area contributed by atoms with Gasteiger partial charge >= 0.3 is 0 Å². The molecule has 0 bridgehead atoms. The number of fused-ring (bicyclic) bond motifs is 3. The summed E-state index contributed by atoms with van der Waals surface area (Å²) < 4.78 is 0. The zero-order valence-corrected chi connectivity index (χ0v) is 39.5.